The van der Waals surface area contributed by atoms with Gasteiger partial charge in [0.1, 0.15) is 0 Å². The van der Waals surface area contributed by atoms with E-state index >= 15 is 0 Å². The molecule has 0 bridgehead atoms. The van der Waals surface area contributed by atoms with Crippen LogP contribution in [0, 0.1) is 11.3 Å². The third kappa shape index (κ3) is 3.03. The van der Waals surface area contributed by atoms with Crippen molar-refractivity contribution in [3.05, 3.63) is 29.8 Å². The Bertz CT molecular complexity index is 505. The number of nitrogens with zero attached hydrogens (tertiary/aromatic N) is 1. The highest BCUT2D eigenvalue weighted by Gasteiger charge is 2.16. The summed E-state index contributed by atoms with van der Waals surface area (Å²) < 4.78 is 26.0. The third-order valence-corrected chi connectivity index (χ3v) is 3.57. The molecule has 0 spiro atoms. The predicted octanol–water partition coefficient (Wildman–Crippen LogP) is 0.184. The van der Waals surface area contributed by atoms with E-state index in [0.717, 1.165) is 0 Å². The molecule has 1 aromatic carbocycles. The zero-order valence-corrected chi connectivity index (χ0v) is 9.66. The minimum absolute atomic E-state index is 0.0758. The van der Waals surface area contributed by atoms with Crippen molar-refractivity contribution in [2.75, 3.05) is 6.54 Å². The van der Waals surface area contributed by atoms with Crippen molar-refractivity contribution in [3.8, 4) is 6.07 Å². The van der Waals surface area contributed by atoms with E-state index in [0.29, 0.717) is 5.56 Å². The molecule has 1 rings (SSSR count). The molecule has 0 aliphatic heterocycles. The van der Waals surface area contributed by atoms with Crippen LogP contribution in [-0.2, 0) is 10.0 Å². The van der Waals surface area contributed by atoms with E-state index in [2.05, 4.69) is 4.72 Å². The molecule has 0 aliphatic carbocycles. The van der Waals surface area contributed by atoms with Gasteiger partial charge in [-0.05, 0) is 25.1 Å². The van der Waals surface area contributed by atoms with E-state index in [9.17, 15) is 8.42 Å². The smallest absolute Gasteiger partial charge is 0.240 e. The first-order chi connectivity index (χ1) is 7.49. The van der Waals surface area contributed by atoms with Crippen LogP contribution in [0.3, 0.4) is 0 Å². The molecule has 6 heteroatoms. The maximum atomic E-state index is 11.8. The van der Waals surface area contributed by atoms with Crippen LogP contribution in [-0.4, -0.2) is 21.0 Å². The van der Waals surface area contributed by atoms with E-state index < -0.39 is 10.0 Å². The fraction of sp³-hybridized carbons (Fsp3) is 0.300. The number of hydrogen-bond acceptors (Lipinski definition) is 4. The summed E-state index contributed by atoms with van der Waals surface area (Å²) in [6.45, 7) is 1.89. The third-order valence-electron chi connectivity index (χ3n) is 1.98. The Labute approximate surface area is 94.9 Å². The van der Waals surface area contributed by atoms with Crippen LogP contribution in [0.1, 0.15) is 12.5 Å². The molecule has 0 aliphatic rings. The SMILES string of the molecule is C[C@@H](CN)NS(=O)(=O)c1cccc(C#N)c1. The molecule has 0 fully saturated rings. The molecule has 0 heterocycles. The first-order valence-corrected chi connectivity index (χ1v) is 6.20. The van der Waals surface area contributed by atoms with Gasteiger partial charge in [-0.2, -0.15) is 5.26 Å². The van der Waals surface area contributed by atoms with Crippen molar-refractivity contribution < 1.29 is 8.42 Å². The molecule has 86 valence electrons. The summed E-state index contributed by atoms with van der Waals surface area (Å²) in [7, 11) is -3.59. The van der Waals surface area contributed by atoms with Gasteiger partial charge >= 0.3 is 0 Å². The van der Waals surface area contributed by atoms with E-state index in [1.165, 1.54) is 18.2 Å². The largest absolute Gasteiger partial charge is 0.329 e. The highest BCUT2D eigenvalue weighted by molar-refractivity contribution is 7.89. The highest BCUT2D eigenvalue weighted by atomic mass is 32.2. The topological polar surface area (TPSA) is 96.0 Å². The number of nitrogens with two attached hydrogens (primary N) is 1. The van der Waals surface area contributed by atoms with E-state index in [4.69, 9.17) is 11.0 Å². The molecule has 1 aromatic rings. The Morgan fingerprint density at radius 3 is 2.81 bits per heavy atom. The van der Waals surface area contributed by atoms with Gasteiger partial charge in [0.05, 0.1) is 16.5 Å². The van der Waals surface area contributed by atoms with Crippen LogP contribution in [0.25, 0.3) is 0 Å². The molecule has 0 saturated carbocycles. The Hall–Kier alpha value is -1.42. The average molecular weight is 239 g/mol. The monoisotopic (exact) mass is 239 g/mol. The number of rotatable bonds is 4. The van der Waals surface area contributed by atoms with Crippen molar-refractivity contribution in [1.29, 1.82) is 5.26 Å². The van der Waals surface area contributed by atoms with Gasteiger partial charge in [0.2, 0.25) is 10.0 Å². The average Bonchev–Trinajstić information content (AvgIpc) is 2.28. The minimum Gasteiger partial charge on any atom is -0.329 e. The summed E-state index contributed by atoms with van der Waals surface area (Å²) in [4.78, 5) is 0.0758. The standard InChI is InChI=1S/C10H13N3O2S/c1-8(6-11)13-16(14,15)10-4-2-3-9(5-10)7-12/h2-5,8,13H,6,11H2,1H3/t8-/m0/s1. The summed E-state index contributed by atoms with van der Waals surface area (Å²) in [5.74, 6) is 0. The quantitative estimate of drug-likeness (QED) is 0.783. The zero-order valence-electron chi connectivity index (χ0n) is 8.84. The number of nitriles is 1. The molecule has 5 nitrogen and oxygen atoms in total. The number of benzene rings is 1. The van der Waals surface area contributed by atoms with Crippen LogP contribution >= 0.6 is 0 Å². The number of hydrogen-bond donors (Lipinski definition) is 2. The molecule has 0 unspecified atom stereocenters. The summed E-state index contributed by atoms with van der Waals surface area (Å²) in [5.41, 5.74) is 5.64. The highest BCUT2D eigenvalue weighted by Crippen LogP contribution is 2.11. The lowest BCUT2D eigenvalue weighted by atomic mass is 10.2. The summed E-state index contributed by atoms with van der Waals surface area (Å²) >= 11 is 0. The molecular weight excluding hydrogens is 226 g/mol. The van der Waals surface area contributed by atoms with Crippen molar-refractivity contribution in [2.45, 2.75) is 17.9 Å². The Morgan fingerprint density at radius 2 is 2.25 bits per heavy atom. The molecular formula is C10H13N3O2S. The van der Waals surface area contributed by atoms with Crippen molar-refractivity contribution in [2.24, 2.45) is 5.73 Å². The second kappa shape index (κ2) is 5.07. The fourth-order valence-corrected chi connectivity index (χ4v) is 2.42. The summed E-state index contributed by atoms with van der Waals surface area (Å²) in [6.07, 6.45) is 0. The van der Waals surface area contributed by atoms with E-state index in [1.54, 1.807) is 13.0 Å². The van der Waals surface area contributed by atoms with Gasteiger partial charge in [0.25, 0.3) is 0 Å². The molecule has 3 N–H and O–H groups in total. The number of sulfonamides is 1. The molecule has 1 atom stereocenters. The number of nitrogens with one attached hydrogen (secondary N) is 1. The summed E-state index contributed by atoms with van der Waals surface area (Å²) in [6, 6.07) is 7.39. The normalized spacial score (nSPS) is 13.1. The first kappa shape index (κ1) is 12.6. The molecule has 0 aromatic heterocycles. The van der Waals surface area contributed by atoms with Crippen LogP contribution in [0.15, 0.2) is 29.2 Å². The van der Waals surface area contributed by atoms with Gasteiger partial charge in [-0.1, -0.05) is 6.07 Å². The summed E-state index contributed by atoms with van der Waals surface area (Å²) in [5, 5.41) is 8.67. The van der Waals surface area contributed by atoms with Gasteiger partial charge in [0, 0.05) is 12.6 Å². The second-order valence-corrected chi connectivity index (χ2v) is 5.11. The first-order valence-electron chi connectivity index (χ1n) is 4.72. The van der Waals surface area contributed by atoms with Crippen LogP contribution in [0.5, 0.6) is 0 Å². The Morgan fingerprint density at radius 1 is 1.56 bits per heavy atom. The lowest BCUT2D eigenvalue weighted by molar-refractivity contribution is 0.562. The van der Waals surface area contributed by atoms with Gasteiger partial charge in [-0.15, -0.1) is 0 Å². The van der Waals surface area contributed by atoms with E-state index in [-0.39, 0.29) is 17.5 Å². The van der Waals surface area contributed by atoms with Gasteiger partial charge in [-0.3, -0.25) is 0 Å². The Balaban J connectivity index is 3.04. The molecule has 0 radical (unpaired) electrons. The van der Waals surface area contributed by atoms with Crippen molar-refractivity contribution in [1.82, 2.24) is 4.72 Å². The van der Waals surface area contributed by atoms with Gasteiger partial charge < -0.3 is 5.73 Å². The van der Waals surface area contributed by atoms with Gasteiger partial charge in [0.15, 0.2) is 0 Å². The van der Waals surface area contributed by atoms with Crippen molar-refractivity contribution in [3.63, 3.8) is 0 Å². The maximum absolute atomic E-state index is 11.8. The predicted molar refractivity (Wildman–Crippen MR) is 60.0 cm³/mol. The molecule has 0 saturated heterocycles. The van der Waals surface area contributed by atoms with E-state index in [1.807, 2.05) is 6.07 Å². The maximum Gasteiger partial charge on any atom is 0.240 e. The zero-order chi connectivity index (χ0) is 12.2. The molecule has 16 heavy (non-hydrogen) atoms. The van der Waals surface area contributed by atoms with Crippen LogP contribution in [0.4, 0.5) is 0 Å². The van der Waals surface area contributed by atoms with Crippen molar-refractivity contribution >= 4 is 10.0 Å². The fourth-order valence-electron chi connectivity index (χ4n) is 1.11. The molecule has 0 amide bonds. The lowest BCUT2D eigenvalue weighted by Gasteiger charge is -2.11. The minimum atomic E-state index is -3.59. The van der Waals surface area contributed by atoms with Crippen LogP contribution < -0.4 is 10.5 Å². The lowest BCUT2D eigenvalue weighted by Crippen LogP contribution is -2.37. The van der Waals surface area contributed by atoms with Crippen LogP contribution in [0.2, 0.25) is 0 Å². The second-order valence-electron chi connectivity index (χ2n) is 3.40. The van der Waals surface area contributed by atoms with Gasteiger partial charge in [-0.25, -0.2) is 13.1 Å². The Kier molecular flexibility index (Phi) is 4.01.